The Morgan fingerprint density at radius 1 is 1.11 bits per heavy atom. The number of alkyl halides is 3. The second-order valence-electron chi connectivity index (χ2n) is 8.03. The molecule has 1 aliphatic heterocycles. The maximum Gasteiger partial charge on any atom is 0.416 e. The molecule has 1 nitrogen and oxygen atoms in total. The van der Waals surface area contributed by atoms with Crippen molar-refractivity contribution in [2.75, 3.05) is 13.1 Å². The summed E-state index contributed by atoms with van der Waals surface area (Å²) < 4.78 is 40.4. The van der Waals surface area contributed by atoms with E-state index in [2.05, 4.69) is 43.0 Å². The Kier molecular flexibility index (Phi) is 4.79. The Morgan fingerprint density at radius 3 is 2.59 bits per heavy atom. The largest absolute Gasteiger partial charge is 0.416 e. The molecule has 0 saturated carbocycles. The topological polar surface area (TPSA) is 3.24 Å². The lowest BCUT2D eigenvalue weighted by Crippen LogP contribution is -2.35. The third-order valence-corrected chi connectivity index (χ3v) is 6.49. The lowest BCUT2D eigenvalue weighted by Gasteiger charge is -2.33. The summed E-state index contributed by atoms with van der Waals surface area (Å²) in [5, 5.41) is 0. The number of likely N-dealkylation sites (N-methyl/N-ethyl adjacent to an activating group) is 1. The van der Waals surface area contributed by atoms with Crippen LogP contribution in [0.1, 0.15) is 47.1 Å². The van der Waals surface area contributed by atoms with Gasteiger partial charge in [0.05, 0.1) is 5.56 Å². The maximum atomic E-state index is 13.5. The highest BCUT2D eigenvalue weighted by Gasteiger charge is 2.46. The lowest BCUT2D eigenvalue weighted by molar-refractivity contribution is -0.138. The molecule has 2 aromatic rings. The van der Waals surface area contributed by atoms with E-state index in [1.165, 1.54) is 17.2 Å². The van der Waals surface area contributed by atoms with Crippen LogP contribution in [0.5, 0.6) is 0 Å². The van der Waals surface area contributed by atoms with Gasteiger partial charge in [-0.25, -0.2) is 0 Å². The first-order chi connectivity index (χ1) is 12.9. The summed E-state index contributed by atoms with van der Waals surface area (Å²) in [6, 6.07) is 13.8. The summed E-state index contributed by atoms with van der Waals surface area (Å²) in [6.07, 6.45) is -1.90. The van der Waals surface area contributed by atoms with Gasteiger partial charge in [0.1, 0.15) is 0 Å². The molecule has 0 aromatic heterocycles. The van der Waals surface area contributed by atoms with Crippen molar-refractivity contribution >= 4 is 0 Å². The molecule has 1 heterocycles. The van der Waals surface area contributed by atoms with E-state index < -0.39 is 11.7 Å². The second-order valence-corrected chi connectivity index (χ2v) is 8.03. The summed E-state index contributed by atoms with van der Waals surface area (Å²) in [5.74, 6) is 0.646. The zero-order valence-corrected chi connectivity index (χ0v) is 15.9. The molecule has 27 heavy (non-hydrogen) atoms. The molecule has 2 aliphatic rings. The normalized spacial score (nSPS) is 25.3. The fraction of sp³-hybridized carbons (Fsp3) is 0.478. The summed E-state index contributed by atoms with van der Waals surface area (Å²) in [6.45, 7) is 6.07. The Labute approximate surface area is 159 Å². The first kappa shape index (κ1) is 18.5. The average Bonchev–Trinajstić information content (AvgIpc) is 2.98. The first-order valence-electron chi connectivity index (χ1n) is 9.87. The highest BCUT2D eigenvalue weighted by molar-refractivity contribution is 5.43. The minimum Gasteiger partial charge on any atom is -0.299 e. The maximum absolute atomic E-state index is 13.5. The van der Waals surface area contributed by atoms with Crippen LogP contribution in [0.2, 0.25) is 0 Å². The van der Waals surface area contributed by atoms with Crippen molar-refractivity contribution < 1.29 is 13.2 Å². The summed E-state index contributed by atoms with van der Waals surface area (Å²) in [7, 11) is 0. The fourth-order valence-electron chi connectivity index (χ4n) is 5.32. The van der Waals surface area contributed by atoms with E-state index in [0.717, 1.165) is 31.5 Å². The molecule has 0 bridgehead atoms. The van der Waals surface area contributed by atoms with Gasteiger partial charge in [0.2, 0.25) is 0 Å². The number of benzene rings is 2. The Morgan fingerprint density at radius 2 is 1.89 bits per heavy atom. The van der Waals surface area contributed by atoms with Crippen LogP contribution in [0.4, 0.5) is 13.2 Å². The minimum atomic E-state index is -4.26. The van der Waals surface area contributed by atoms with Gasteiger partial charge in [0.15, 0.2) is 0 Å². The molecule has 1 fully saturated rings. The summed E-state index contributed by atoms with van der Waals surface area (Å²) in [4.78, 5) is 2.48. The van der Waals surface area contributed by atoms with Gasteiger partial charge in [0, 0.05) is 18.5 Å². The predicted molar refractivity (Wildman–Crippen MR) is 102 cm³/mol. The van der Waals surface area contributed by atoms with Gasteiger partial charge in [-0.1, -0.05) is 48.9 Å². The molecular formula is C23H26F3N. The molecule has 2 aromatic carbocycles. The molecule has 144 valence electrons. The van der Waals surface area contributed by atoms with Crippen LogP contribution in [0.25, 0.3) is 0 Å². The highest BCUT2D eigenvalue weighted by Crippen LogP contribution is 2.48. The van der Waals surface area contributed by atoms with Gasteiger partial charge in [0.25, 0.3) is 0 Å². The number of fused-ring (bicyclic) bond motifs is 3. The van der Waals surface area contributed by atoms with Gasteiger partial charge in [-0.2, -0.15) is 13.2 Å². The lowest BCUT2D eigenvalue weighted by atomic mass is 9.72. The Bertz CT molecular complexity index is 827. The van der Waals surface area contributed by atoms with Crippen molar-refractivity contribution in [3.63, 3.8) is 0 Å². The highest BCUT2D eigenvalue weighted by atomic mass is 19.4. The average molecular weight is 373 g/mol. The van der Waals surface area contributed by atoms with Gasteiger partial charge < -0.3 is 0 Å². The van der Waals surface area contributed by atoms with Gasteiger partial charge in [-0.15, -0.1) is 0 Å². The molecule has 0 radical (unpaired) electrons. The van der Waals surface area contributed by atoms with Crippen molar-refractivity contribution in [2.24, 2.45) is 5.92 Å². The molecule has 0 spiro atoms. The Balaban J connectivity index is 1.66. The van der Waals surface area contributed by atoms with E-state index in [1.807, 2.05) is 6.07 Å². The standard InChI is InChI=1S/C23H26F3N/c1-3-27-14-20-17-8-5-9-21(23(24,25)26)18(17)10-11-19(20)22(27)13-16-7-4-6-15(2)12-16/h4-9,12,19-20,22H,3,10-11,13-14H2,1-2H3/t19?,20-,22-/m1/s1. The number of likely N-dealkylation sites (tertiary alicyclic amines) is 1. The van der Waals surface area contributed by atoms with Crippen molar-refractivity contribution in [1.82, 2.24) is 4.90 Å². The third kappa shape index (κ3) is 3.40. The van der Waals surface area contributed by atoms with E-state index >= 15 is 0 Å². The molecule has 0 amide bonds. The van der Waals surface area contributed by atoms with Gasteiger partial charge >= 0.3 is 6.18 Å². The van der Waals surface area contributed by atoms with E-state index in [1.54, 1.807) is 6.07 Å². The number of hydrogen-bond acceptors (Lipinski definition) is 1. The quantitative estimate of drug-likeness (QED) is 0.676. The molecule has 1 unspecified atom stereocenters. The smallest absolute Gasteiger partial charge is 0.299 e. The van der Waals surface area contributed by atoms with E-state index in [4.69, 9.17) is 0 Å². The fourth-order valence-corrected chi connectivity index (χ4v) is 5.32. The van der Waals surface area contributed by atoms with Crippen molar-refractivity contribution in [2.45, 2.75) is 51.2 Å². The third-order valence-electron chi connectivity index (χ3n) is 6.49. The second kappa shape index (κ2) is 6.97. The number of aryl methyl sites for hydroxylation is 1. The number of hydrogen-bond donors (Lipinski definition) is 0. The van der Waals surface area contributed by atoms with Crippen molar-refractivity contribution in [1.29, 1.82) is 0 Å². The molecule has 3 atom stereocenters. The van der Waals surface area contributed by atoms with Crippen LogP contribution in [0, 0.1) is 12.8 Å². The summed E-state index contributed by atoms with van der Waals surface area (Å²) >= 11 is 0. The van der Waals surface area contributed by atoms with Crippen molar-refractivity contribution in [3.8, 4) is 0 Å². The van der Waals surface area contributed by atoms with E-state index in [0.29, 0.717) is 23.9 Å². The molecule has 1 saturated heterocycles. The Hall–Kier alpha value is -1.81. The molecule has 0 N–H and O–H groups in total. The molecule has 4 rings (SSSR count). The van der Waals surface area contributed by atoms with Crippen LogP contribution < -0.4 is 0 Å². The first-order valence-corrected chi connectivity index (χ1v) is 9.87. The van der Waals surface area contributed by atoms with E-state index in [-0.39, 0.29) is 5.92 Å². The van der Waals surface area contributed by atoms with Crippen LogP contribution >= 0.6 is 0 Å². The number of halogens is 3. The number of nitrogens with zero attached hydrogens (tertiary/aromatic N) is 1. The van der Waals surface area contributed by atoms with Crippen molar-refractivity contribution in [3.05, 3.63) is 70.3 Å². The van der Waals surface area contributed by atoms with Gasteiger partial charge in [-0.3, -0.25) is 4.90 Å². The number of rotatable bonds is 3. The van der Waals surface area contributed by atoms with Gasteiger partial charge in [-0.05, 0) is 61.4 Å². The predicted octanol–water partition coefficient (Wildman–Crippen LogP) is 5.61. The van der Waals surface area contributed by atoms with Crippen LogP contribution in [-0.4, -0.2) is 24.0 Å². The monoisotopic (exact) mass is 373 g/mol. The van der Waals surface area contributed by atoms with Crippen LogP contribution in [0.3, 0.4) is 0 Å². The van der Waals surface area contributed by atoms with Crippen LogP contribution in [-0.2, 0) is 19.0 Å². The van der Waals surface area contributed by atoms with E-state index in [9.17, 15) is 13.2 Å². The SMILES string of the molecule is CCN1C[C@@H]2c3cccc(C(F)(F)F)c3CCC2[C@H]1Cc1cccc(C)c1. The molecular weight excluding hydrogens is 347 g/mol. The summed E-state index contributed by atoms with van der Waals surface area (Å²) in [5.41, 5.74) is 3.64. The minimum absolute atomic E-state index is 0.214. The van der Waals surface area contributed by atoms with Crippen LogP contribution in [0.15, 0.2) is 42.5 Å². The zero-order valence-electron chi connectivity index (χ0n) is 15.9. The zero-order chi connectivity index (χ0) is 19.2. The molecule has 1 aliphatic carbocycles. The molecule has 4 heteroatoms.